The second-order valence-electron chi connectivity index (χ2n) is 4.81. The summed E-state index contributed by atoms with van der Waals surface area (Å²) in [5.74, 6) is 0.698. The van der Waals surface area contributed by atoms with Crippen molar-refractivity contribution in [1.82, 2.24) is 10.2 Å². The lowest BCUT2D eigenvalue weighted by Crippen LogP contribution is -2.32. The predicted molar refractivity (Wildman–Crippen MR) is 79.6 cm³/mol. The number of nitro benzene ring substituents is 1. The van der Waals surface area contributed by atoms with Gasteiger partial charge in [0.1, 0.15) is 5.75 Å². The van der Waals surface area contributed by atoms with Crippen molar-refractivity contribution in [2.24, 2.45) is 0 Å². The standard InChI is InChI=1S/C13H19N3O3.ClH/c1-15(12-5-6-14-8-12)9-10-7-11(16(17)18)3-4-13(10)19-2;/h3-4,7,12,14H,5-6,8-9H2,1-2H3;1H. The Balaban J connectivity index is 0.00000200. The monoisotopic (exact) mass is 301 g/mol. The number of rotatable bonds is 5. The van der Waals surface area contributed by atoms with Gasteiger partial charge in [0.15, 0.2) is 0 Å². The van der Waals surface area contributed by atoms with Gasteiger partial charge in [0.25, 0.3) is 5.69 Å². The van der Waals surface area contributed by atoms with Gasteiger partial charge >= 0.3 is 0 Å². The Hall–Kier alpha value is -1.37. The fourth-order valence-corrected chi connectivity index (χ4v) is 2.42. The van der Waals surface area contributed by atoms with Crippen LogP contribution < -0.4 is 10.1 Å². The zero-order valence-electron chi connectivity index (χ0n) is 11.7. The lowest BCUT2D eigenvalue weighted by Gasteiger charge is -2.24. The molecule has 1 aliphatic heterocycles. The Morgan fingerprint density at radius 2 is 2.30 bits per heavy atom. The summed E-state index contributed by atoms with van der Waals surface area (Å²) in [4.78, 5) is 12.7. The summed E-state index contributed by atoms with van der Waals surface area (Å²) in [6.07, 6.45) is 1.10. The molecule has 0 radical (unpaired) electrons. The minimum atomic E-state index is -0.375. The summed E-state index contributed by atoms with van der Waals surface area (Å²) in [6.45, 7) is 2.64. The van der Waals surface area contributed by atoms with Crippen LogP contribution in [0.2, 0.25) is 0 Å². The third kappa shape index (κ3) is 3.82. The summed E-state index contributed by atoms with van der Waals surface area (Å²) in [5.41, 5.74) is 0.958. The number of non-ortho nitro benzene ring substituents is 1. The molecule has 0 bridgehead atoms. The molecule has 1 aromatic rings. The number of ether oxygens (including phenoxy) is 1. The highest BCUT2D eigenvalue weighted by molar-refractivity contribution is 5.85. The number of nitrogens with one attached hydrogen (secondary N) is 1. The molecule has 0 saturated carbocycles. The Labute approximate surface area is 124 Å². The largest absolute Gasteiger partial charge is 0.496 e. The van der Waals surface area contributed by atoms with Gasteiger partial charge < -0.3 is 10.1 Å². The molecule has 1 heterocycles. The van der Waals surface area contributed by atoms with E-state index in [1.54, 1.807) is 19.2 Å². The zero-order chi connectivity index (χ0) is 13.8. The first-order valence-corrected chi connectivity index (χ1v) is 6.34. The quantitative estimate of drug-likeness (QED) is 0.664. The average Bonchev–Trinajstić information content (AvgIpc) is 2.92. The highest BCUT2D eigenvalue weighted by Crippen LogP contribution is 2.25. The molecule has 0 spiro atoms. The number of nitro groups is 1. The summed E-state index contributed by atoms with van der Waals surface area (Å²) >= 11 is 0. The second-order valence-corrected chi connectivity index (χ2v) is 4.81. The number of hydrogen-bond donors (Lipinski definition) is 1. The van der Waals surface area contributed by atoms with Crippen LogP contribution in [0.5, 0.6) is 5.75 Å². The molecule has 1 saturated heterocycles. The summed E-state index contributed by atoms with van der Waals surface area (Å²) in [7, 11) is 3.62. The van der Waals surface area contributed by atoms with Crippen LogP contribution >= 0.6 is 12.4 Å². The number of likely N-dealkylation sites (N-methyl/N-ethyl adjacent to an activating group) is 1. The fourth-order valence-electron chi connectivity index (χ4n) is 2.42. The SMILES string of the molecule is COc1ccc([N+](=O)[O-])cc1CN(C)C1CCNC1.Cl. The van der Waals surface area contributed by atoms with E-state index in [-0.39, 0.29) is 23.0 Å². The molecule has 0 aromatic heterocycles. The number of halogens is 1. The Bertz CT molecular complexity index is 464. The molecule has 2 rings (SSSR count). The van der Waals surface area contributed by atoms with Crippen LogP contribution in [-0.2, 0) is 6.54 Å². The molecule has 6 nitrogen and oxygen atoms in total. The lowest BCUT2D eigenvalue weighted by molar-refractivity contribution is -0.385. The van der Waals surface area contributed by atoms with Gasteiger partial charge in [0.2, 0.25) is 0 Å². The maximum atomic E-state index is 10.8. The van der Waals surface area contributed by atoms with Crippen molar-refractivity contribution in [3.8, 4) is 5.75 Å². The number of nitrogens with zero attached hydrogens (tertiary/aromatic N) is 2. The molecule has 7 heteroatoms. The van der Waals surface area contributed by atoms with Crippen LogP contribution in [0.3, 0.4) is 0 Å². The smallest absolute Gasteiger partial charge is 0.270 e. The molecule has 112 valence electrons. The third-order valence-corrected chi connectivity index (χ3v) is 3.55. The van der Waals surface area contributed by atoms with Crippen molar-refractivity contribution >= 4 is 18.1 Å². The van der Waals surface area contributed by atoms with Gasteiger partial charge in [-0.15, -0.1) is 12.4 Å². The van der Waals surface area contributed by atoms with E-state index in [0.29, 0.717) is 18.3 Å². The van der Waals surface area contributed by atoms with Crippen LogP contribution in [0.1, 0.15) is 12.0 Å². The van der Waals surface area contributed by atoms with Crippen molar-refractivity contribution in [2.45, 2.75) is 19.0 Å². The first kappa shape index (κ1) is 16.7. The van der Waals surface area contributed by atoms with Crippen molar-refractivity contribution in [3.05, 3.63) is 33.9 Å². The van der Waals surface area contributed by atoms with Crippen molar-refractivity contribution in [1.29, 1.82) is 0 Å². The van der Waals surface area contributed by atoms with Gasteiger partial charge in [-0.05, 0) is 26.1 Å². The maximum absolute atomic E-state index is 10.8. The molecule has 1 N–H and O–H groups in total. The molecule has 1 aromatic carbocycles. The van der Waals surface area contributed by atoms with Gasteiger partial charge in [0, 0.05) is 36.8 Å². The van der Waals surface area contributed by atoms with Crippen LogP contribution in [-0.4, -0.2) is 43.1 Å². The fraction of sp³-hybridized carbons (Fsp3) is 0.538. The first-order valence-electron chi connectivity index (χ1n) is 6.34. The molecule has 1 aliphatic rings. The second kappa shape index (κ2) is 7.42. The van der Waals surface area contributed by atoms with Gasteiger partial charge in [-0.2, -0.15) is 0 Å². The van der Waals surface area contributed by atoms with E-state index < -0.39 is 0 Å². The highest BCUT2D eigenvalue weighted by atomic mass is 35.5. The van der Waals surface area contributed by atoms with E-state index in [1.165, 1.54) is 6.07 Å². The minimum absolute atomic E-state index is 0. The Kier molecular flexibility index (Phi) is 6.19. The summed E-state index contributed by atoms with van der Waals surface area (Å²) < 4.78 is 5.28. The number of hydrogen-bond acceptors (Lipinski definition) is 5. The zero-order valence-corrected chi connectivity index (χ0v) is 12.5. The number of benzene rings is 1. The van der Waals surface area contributed by atoms with E-state index in [9.17, 15) is 10.1 Å². The minimum Gasteiger partial charge on any atom is -0.496 e. The van der Waals surface area contributed by atoms with Gasteiger partial charge in [-0.1, -0.05) is 0 Å². The molecule has 1 fully saturated rings. The first-order chi connectivity index (χ1) is 9.11. The predicted octanol–water partition coefficient (Wildman–Crippen LogP) is 1.82. The van der Waals surface area contributed by atoms with Crippen molar-refractivity contribution in [3.63, 3.8) is 0 Å². The summed E-state index contributed by atoms with van der Waals surface area (Å²) in [5, 5.41) is 14.2. The normalized spacial score (nSPS) is 17.9. The van der Waals surface area contributed by atoms with Gasteiger partial charge in [-0.3, -0.25) is 15.0 Å². The lowest BCUT2D eigenvalue weighted by atomic mass is 10.1. The van der Waals surface area contributed by atoms with E-state index in [0.717, 1.165) is 25.1 Å². The maximum Gasteiger partial charge on any atom is 0.270 e. The van der Waals surface area contributed by atoms with Crippen LogP contribution in [0.4, 0.5) is 5.69 Å². The van der Waals surface area contributed by atoms with Crippen LogP contribution in [0.25, 0.3) is 0 Å². The Morgan fingerprint density at radius 3 is 2.85 bits per heavy atom. The molecule has 0 amide bonds. The summed E-state index contributed by atoms with van der Waals surface area (Å²) in [6, 6.07) is 5.20. The van der Waals surface area contributed by atoms with Gasteiger partial charge in [-0.25, -0.2) is 0 Å². The molecular formula is C13H20ClN3O3. The van der Waals surface area contributed by atoms with E-state index in [4.69, 9.17) is 4.74 Å². The van der Waals surface area contributed by atoms with Crippen molar-refractivity contribution in [2.75, 3.05) is 27.2 Å². The van der Waals surface area contributed by atoms with E-state index in [2.05, 4.69) is 10.2 Å². The topological polar surface area (TPSA) is 67.6 Å². The highest BCUT2D eigenvalue weighted by Gasteiger charge is 2.21. The number of methoxy groups -OCH3 is 1. The third-order valence-electron chi connectivity index (χ3n) is 3.55. The average molecular weight is 302 g/mol. The Morgan fingerprint density at radius 1 is 1.55 bits per heavy atom. The van der Waals surface area contributed by atoms with Crippen LogP contribution in [0, 0.1) is 10.1 Å². The molecule has 0 aliphatic carbocycles. The van der Waals surface area contributed by atoms with Gasteiger partial charge in [0.05, 0.1) is 12.0 Å². The van der Waals surface area contributed by atoms with E-state index >= 15 is 0 Å². The van der Waals surface area contributed by atoms with Crippen LogP contribution in [0.15, 0.2) is 18.2 Å². The van der Waals surface area contributed by atoms with E-state index in [1.807, 2.05) is 7.05 Å². The molecule has 1 atom stereocenters. The molecule has 1 unspecified atom stereocenters. The molecular weight excluding hydrogens is 282 g/mol. The molecule has 20 heavy (non-hydrogen) atoms. The van der Waals surface area contributed by atoms with Crippen molar-refractivity contribution < 1.29 is 9.66 Å².